The third-order valence-corrected chi connectivity index (χ3v) is 4.57. The number of carbonyl (C=O) groups is 1. The summed E-state index contributed by atoms with van der Waals surface area (Å²) in [5.74, 6) is -0.560. The number of aromatic nitrogens is 1. The van der Waals surface area contributed by atoms with Gasteiger partial charge in [-0.3, -0.25) is 4.79 Å². The number of hydrogen-bond donors (Lipinski definition) is 2. The Morgan fingerprint density at radius 1 is 1.13 bits per heavy atom. The quantitative estimate of drug-likeness (QED) is 0.451. The molecule has 0 bridgehead atoms. The van der Waals surface area contributed by atoms with Crippen LogP contribution in [0.5, 0.6) is 0 Å². The monoisotopic (exact) mass is 335 g/mol. The van der Waals surface area contributed by atoms with Crippen LogP contribution in [-0.4, -0.2) is 27.4 Å². The second-order valence-electron chi connectivity index (χ2n) is 4.88. The zero-order valence-electron chi connectivity index (χ0n) is 12.5. The van der Waals surface area contributed by atoms with Gasteiger partial charge in [0, 0.05) is 25.2 Å². The van der Waals surface area contributed by atoms with Gasteiger partial charge in [-0.15, -0.1) is 0 Å². The van der Waals surface area contributed by atoms with Gasteiger partial charge in [0.1, 0.15) is 0 Å². The Labute approximate surface area is 134 Å². The van der Waals surface area contributed by atoms with E-state index in [1.54, 1.807) is 18.2 Å². The summed E-state index contributed by atoms with van der Waals surface area (Å²) in [5, 5.41) is 13.9. The van der Waals surface area contributed by atoms with Crippen LogP contribution in [0.15, 0.2) is 53.6 Å². The van der Waals surface area contributed by atoms with Crippen molar-refractivity contribution in [2.24, 2.45) is 0 Å². The predicted molar refractivity (Wildman–Crippen MR) is 84.1 cm³/mol. The van der Waals surface area contributed by atoms with E-state index in [9.17, 15) is 18.4 Å². The molecule has 1 heterocycles. The van der Waals surface area contributed by atoms with Gasteiger partial charge in [0.2, 0.25) is 10.0 Å². The van der Waals surface area contributed by atoms with Crippen LogP contribution in [0, 0.1) is 12.1 Å². The minimum atomic E-state index is -3.62. The van der Waals surface area contributed by atoms with E-state index in [0.29, 0.717) is 4.73 Å². The maximum Gasteiger partial charge on any atom is 0.317 e. The van der Waals surface area contributed by atoms with E-state index in [1.165, 1.54) is 30.5 Å². The minimum Gasteiger partial charge on any atom is -0.618 e. The van der Waals surface area contributed by atoms with Gasteiger partial charge in [0.25, 0.3) is 5.69 Å². The first-order chi connectivity index (χ1) is 10.9. The van der Waals surface area contributed by atoms with Crippen molar-refractivity contribution < 1.29 is 17.9 Å². The average molecular weight is 335 g/mol. The molecule has 2 N–H and O–H groups in total. The average Bonchev–Trinajstić information content (AvgIpc) is 2.52. The summed E-state index contributed by atoms with van der Waals surface area (Å²) >= 11 is 0. The summed E-state index contributed by atoms with van der Waals surface area (Å²) in [4.78, 5) is 12.0. The van der Waals surface area contributed by atoms with E-state index < -0.39 is 15.9 Å². The van der Waals surface area contributed by atoms with Crippen LogP contribution in [0.2, 0.25) is 0 Å². The highest BCUT2D eigenvalue weighted by molar-refractivity contribution is 7.89. The molecular weight excluding hydrogens is 318 g/mol. The first-order valence-electron chi connectivity index (χ1n) is 6.93. The first-order valence-corrected chi connectivity index (χ1v) is 8.41. The Bertz CT molecular complexity index is 789. The highest BCUT2D eigenvalue weighted by atomic mass is 32.2. The number of benzene rings is 1. The van der Waals surface area contributed by atoms with Crippen LogP contribution in [0.3, 0.4) is 0 Å². The van der Waals surface area contributed by atoms with Gasteiger partial charge in [-0.05, 0) is 25.1 Å². The zero-order chi connectivity index (χ0) is 16.9. The second-order valence-corrected chi connectivity index (χ2v) is 6.65. The Morgan fingerprint density at radius 2 is 1.83 bits per heavy atom. The Morgan fingerprint density at radius 3 is 2.48 bits per heavy atom. The number of nitrogens with one attached hydrogen (secondary N) is 2. The fourth-order valence-electron chi connectivity index (χ4n) is 1.86. The van der Waals surface area contributed by atoms with Gasteiger partial charge in [-0.25, -0.2) is 13.1 Å². The molecule has 0 aliphatic carbocycles. The standard InChI is InChI=1S/C15H17N3O4S/c1-12-5-7-13(8-6-12)23(21,22)17-10-9-16-15(19)14-4-2-3-11-18(14)20/h2-8,11,17H,9-10H2,1H3,(H,16,19). The van der Waals surface area contributed by atoms with Crippen molar-refractivity contribution in [3.05, 3.63) is 65.1 Å². The molecule has 2 aromatic rings. The van der Waals surface area contributed by atoms with Crippen LogP contribution < -0.4 is 14.8 Å². The molecule has 23 heavy (non-hydrogen) atoms. The topological polar surface area (TPSA) is 102 Å². The number of hydrogen-bond acceptors (Lipinski definition) is 4. The van der Waals surface area contributed by atoms with E-state index >= 15 is 0 Å². The number of nitrogens with zero attached hydrogens (tertiary/aromatic N) is 1. The molecular formula is C15H17N3O4S. The Balaban J connectivity index is 1.86. The predicted octanol–water partition coefficient (Wildman–Crippen LogP) is 0.337. The van der Waals surface area contributed by atoms with Crippen LogP contribution in [-0.2, 0) is 10.0 Å². The molecule has 1 aromatic heterocycles. The maximum absolute atomic E-state index is 12.0. The highest BCUT2D eigenvalue weighted by Gasteiger charge is 2.16. The molecule has 2 rings (SSSR count). The number of amides is 1. The Kier molecular flexibility index (Phi) is 5.30. The lowest BCUT2D eigenvalue weighted by molar-refractivity contribution is -0.607. The van der Waals surface area contributed by atoms with Crippen LogP contribution in [0.4, 0.5) is 0 Å². The van der Waals surface area contributed by atoms with Crippen molar-refractivity contribution in [1.29, 1.82) is 0 Å². The molecule has 8 heteroatoms. The first kappa shape index (κ1) is 16.9. The number of rotatable bonds is 6. The van der Waals surface area contributed by atoms with E-state index in [0.717, 1.165) is 5.56 Å². The molecule has 0 aliphatic heterocycles. The highest BCUT2D eigenvalue weighted by Crippen LogP contribution is 2.09. The lowest BCUT2D eigenvalue weighted by Gasteiger charge is -2.08. The molecule has 122 valence electrons. The third-order valence-electron chi connectivity index (χ3n) is 3.09. The fraction of sp³-hybridized carbons (Fsp3) is 0.200. The fourth-order valence-corrected chi connectivity index (χ4v) is 2.89. The van der Waals surface area contributed by atoms with Crippen molar-refractivity contribution in [3.8, 4) is 0 Å². The molecule has 0 spiro atoms. The molecule has 0 unspecified atom stereocenters. The number of aryl methyl sites for hydroxylation is 1. The van der Waals surface area contributed by atoms with Gasteiger partial charge in [0.15, 0.2) is 6.20 Å². The molecule has 0 saturated heterocycles. The summed E-state index contributed by atoms with van der Waals surface area (Å²) in [6, 6.07) is 10.9. The summed E-state index contributed by atoms with van der Waals surface area (Å²) in [6.45, 7) is 1.96. The SMILES string of the molecule is Cc1ccc(S(=O)(=O)NCCNC(=O)c2cccc[n+]2[O-])cc1. The molecule has 0 atom stereocenters. The molecule has 0 aliphatic rings. The molecule has 7 nitrogen and oxygen atoms in total. The third kappa shape index (κ3) is 4.51. The van der Waals surface area contributed by atoms with Crippen molar-refractivity contribution in [3.63, 3.8) is 0 Å². The summed E-state index contributed by atoms with van der Waals surface area (Å²) in [7, 11) is -3.62. The summed E-state index contributed by atoms with van der Waals surface area (Å²) < 4.78 is 26.9. The van der Waals surface area contributed by atoms with E-state index in [2.05, 4.69) is 10.0 Å². The smallest absolute Gasteiger partial charge is 0.317 e. The van der Waals surface area contributed by atoms with E-state index in [-0.39, 0.29) is 23.7 Å². The lowest BCUT2D eigenvalue weighted by Crippen LogP contribution is -2.41. The van der Waals surface area contributed by atoms with Crippen molar-refractivity contribution >= 4 is 15.9 Å². The molecule has 1 aromatic carbocycles. The largest absolute Gasteiger partial charge is 0.618 e. The molecule has 1 amide bonds. The Hall–Kier alpha value is -2.45. The van der Waals surface area contributed by atoms with Crippen LogP contribution in [0.25, 0.3) is 0 Å². The van der Waals surface area contributed by atoms with Crippen molar-refractivity contribution in [1.82, 2.24) is 10.0 Å². The maximum atomic E-state index is 12.0. The molecule has 0 fully saturated rings. The molecule has 0 radical (unpaired) electrons. The van der Waals surface area contributed by atoms with Crippen molar-refractivity contribution in [2.45, 2.75) is 11.8 Å². The van der Waals surface area contributed by atoms with Gasteiger partial charge < -0.3 is 10.5 Å². The number of pyridine rings is 1. The lowest BCUT2D eigenvalue weighted by atomic mass is 10.2. The van der Waals surface area contributed by atoms with Gasteiger partial charge in [0.05, 0.1) is 4.90 Å². The summed E-state index contributed by atoms with van der Waals surface area (Å²) in [6.07, 6.45) is 1.22. The number of sulfonamides is 1. The molecule has 0 saturated carbocycles. The zero-order valence-corrected chi connectivity index (χ0v) is 13.3. The van der Waals surface area contributed by atoms with Crippen LogP contribution in [0.1, 0.15) is 16.1 Å². The van der Waals surface area contributed by atoms with E-state index in [4.69, 9.17) is 0 Å². The summed E-state index contributed by atoms with van der Waals surface area (Å²) in [5.41, 5.74) is 0.916. The van der Waals surface area contributed by atoms with Crippen LogP contribution >= 0.6 is 0 Å². The normalized spacial score (nSPS) is 11.2. The van der Waals surface area contributed by atoms with Crippen molar-refractivity contribution in [2.75, 3.05) is 13.1 Å². The van der Waals surface area contributed by atoms with Gasteiger partial charge in [-0.2, -0.15) is 4.73 Å². The minimum absolute atomic E-state index is 0.0215. The van der Waals surface area contributed by atoms with Gasteiger partial charge in [-0.1, -0.05) is 17.7 Å². The second kappa shape index (κ2) is 7.21. The number of carbonyl (C=O) groups excluding carboxylic acids is 1. The van der Waals surface area contributed by atoms with Gasteiger partial charge >= 0.3 is 5.91 Å². The van der Waals surface area contributed by atoms with E-state index in [1.807, 2.05) is 6.92 Å².